The number of fused-ring (bicyclic) bond motifs is 1. The van der Waals surface area contributed by atoms with Crippen LogP contribution in [0.4, 0.5) is 0 Å². The van der Waals surface area contributed by atoms with E-state index in [1.165, 1.54) is 23.0 Å². The smallest absolute Gasteiger partial charge is 0.338 e. The number of thiazole rings is 1. The summed E-state index contributed by atoms with van der Waals surface area (Å²) >= 11 is 10.6. The summed E-state index contributed by atoms with van der Waals surface area (Å²) in [6, 6.07) is 11.2. The third-order valence-corrected chi connectivity index (χ3v) is 6.95. The van der Waals surface area contributed by atoms with E-state index >= 15 is 0 Å². The molecule has 0 spiro atoms. The summed E-state index contributed by atoms with van der Waals surface area (Å²) in [7, 11) is 1.52. The molecule has 1 atom stereocenters. The third-order valence-electron chi connectivity index (χ3n) is 5.22. The molecule has 0 bridgehead atoms. The van der Waals surface area contributed by atoms with Gasteiger partial charge in [-0.1, -0.05) is 51.0 Å². The van der Waals surface area contributed by atoms with Gasteiger partial charge in [0.15, 0.2) is 4.80 Å². The Labute approximate surface area is 212 Å². The fourth-order valence-electron chi connectivity index (χ4n) is 3.62. The number of allylic oxidation sites excluding steroid dienone is 1. The number of carbonyl (C=O) groups excluding carboxylic acids is 1. The molecule has 0 radical (unpaired) electrons. The number of nitrogens with zero attached hydrogens (tertiary/aromatic N) is 2. The number of aromatic hydroxyl groups is 1. The summed E-state index contributed by atoms with van der Waals surface area (Å²) in [5.41, 5.74) is 1.56. The molecule has 1 aliphatic rings. The van der Waals surface area contributed by atoms with Gasteiger partial charge >= 0.3 is 5.97 Å². The highest BCUT2D eigenvalue weighted by Crippen LogP contribution is 2.31. The molecular weight excluding hydrogens is 544 g/mol. The number of benzene rings is 2. The van der Waals surface area contributed by atoms with Crippen molar-refractivity contribution in [2.45, 2.75) is 13.0 Å². The first-order chi connectivity index (χ1) is 16.3. The summed E-state index contributed by atoms with van der Waals surface area (Å²) in [6.07, 6.45) is 1.61. The largest absolute Gasteiger partial charge is 0.507 e. The van der Waals surface area contributed by atoms with Crippen LogP contribution in [0, 0.1) is 0 Å². The van der Waals surface area contributed by atoms with Gasteiger partial charge < -0.3 is 14.6 Å². The zero-order valence-corrected chi connectivity index (χ0v) is 21.4. The highest BCUT2D eigenvalue weighted by atomic mass is 79.9. The lowest BCUT2D eigenvalue weighted by Crippen LogP contribution is -2.40. The van der Waals surface area contributed by atoms with E-state index in [0.717, 1.165) is 4.47 Å². The molecule has 0 amide bonds. The molecule has 176 valence electrons. The van der Waals surface area contributed by atoms with Crippen LogP contribution in [-0.2, 0) is 14.3 Å². The van der Waals surface area contributed by atoms with E-state index in [1.54, 1.807) is 55.5 Å². The van der Waals surface area contributed by atoms with Crippen molar-refractivity contribution in [3.63, 3.8) is 0 Å². The van der Waals surface area contributed by atoms with Crippen LogP contribution in [0.1, 0.15) is 24.1 Å². The monoisotopic (exact) mass is 562 g/mol. The minimum atomic E-state index is -0.748. The van der Waals surface area contributed by atoms with E-state index in [4.69, 9.17) is 21.1 Å². The van der Waals surface area contributed by atoms with Crippen LogP contribution in [0.15, 0.2) is 68.0 Å². The van der Waals surface area contributed by atoms with Crippen LogP contribution >= 0.6 is 38.9 Å². The first-order valence-electron chi connectivity index (χ1n) is 10.2. The number of ether oxygens (including phenoxy) is 2. The average molecular weight is 564 g/mol. The highest BCUT2D eigenvalue weighted by molar-refractivity contribution is 9.10. The molecule has 1 aromatic heterocycles. The van der Waals surface area contributed by atoms with Crippen molar-refractivity contribution in [1.82, 2.24) is 4.57 Å². The van der Waals surface area contributed by atoms with Crippen LogP contribution in [0.5, 0.6) is 5.75 Å². The molecule has 0 fully saturated rings. The molecule has 3 aromatic rings. The topological polar surface area (TPSA) is 90.1 Å². The van der Waals surface area contributed by atoms with Crippen LogP contribution in [0.2, 0.25) is 5.02 Å². The number of phenolic OH excluding ortho intramolecular Hbond substituents is 1. The van der Waals surface area contributed by atoms with Gasteiger partial charge in [0.05, 0.1) is 28.5 Å². The number of aromatic nitrogens is 1. The molecule has 0 aliphatic carbocycles. The summed E-state index contributed by atoms with van der Waals surface area (Å²) in [5, 5.41) is 10.8. The standard InChI is InChI=1S/C24H20BrClN2O5S/c1-13-20(23(31)33-10-9-32-2)21(14-3-6-17(26)7-4-14)28-22(30)19(34-24(28)27-13)12-15-11-16(25)5-8-18(15)29/h3-8,11-12,21,29H,9-10H2,1-2H3. The Morgan fingerprint density at radius 1 is 1.26 bits per heavy atom. The molecule has 1 aliphatic heterocycles. The Morgan fingerprint density at radius 3 is 2.71 bits per heavy atom. The second kappa shape index (κ2) is 10.3. The number of esters is 1. The first-order valence-corrected chi connectivity index (χ1v) is 12.2. The first kappa shape index (κ1) is 24.4. The minimum absolute atomic E-state index is 0.0434. The Hall–Kier alpha value is -2.72. The van der Waals surface area contributed by atoms with E-state index in [1.807, 2.05) is 0 Å². The third kappa shape index (κ3) is 4.88. The highest BCUT2D eigenvalue weighted by Gasteiger charge is 2.33. The van der Waals surface area contributed by atoms with Crippen LogP contribution < -0.4 is 14.9 Å². The maximum absolute atomic E-state index is 13.6. The molecule has 34 heavy (non-hydrogen) atoms. The molecule has 2 heterocycles. The Balaban J connectivity index is 1.90. The van der Waals surface area contributed by atoms with Gasteiger partial charge in [0, 0.05) is 22.2 Å². The number of methoxy groups -OCH3 is 1. The van der Waals surface area contributed by atoms with Gasteiger partial charge in [0.1, 0.15) is 12.4 Å². The van der Waals surface area contributed by atoms with E-state index in [-0.39, 0.29) is 30.1 Å². The predicted octanol–water partition coefficient (Wildman–Crippen LogP) is 3.55. The molecular formula is C24H20BrClN2O5S. The van der Waals surface area contributed by atoms with Crippen molar-refractivity contribution in [3.8, 4) is 5.75 Å². The van der Waals surface area contributed by atoms with Gasteiger partial charge in [-0.2, -0.15) is 0 Å². The maximum Gasteiger partial charge on any atom is 0.338 e. The summed E-state index contributed by atoms with van der Waals surface area (Å²) in [6.45, 7) is 2.04. The zero-order valence-electron chi connectivity index (χ0n) is 18.2. The van der Waals surface area contributed by atoms with Crippen LogP contribution in [-0.4, -0.2) is 36.0 Å². The Bertz CT molecular complexity index is 1460. The fraction of sp³-hybridized carbons (Fsp3) is 0.208. The molecule has 7 nitrogen and oxygen atoms in total. The Morgan fingerprint density at radius 2 is 2.00 bits per heavy atom. The van der Waals surface area contributed by atoms with Gasteiger partial charge in [-0.3, -0.25) is 9.36 Å². The lowest BCUT2D eigenvalue weighted by Gasteiger charge is -2.24. The van der Waals surface area contributed by atoms with Crippen molar-refractivity contribution in [3.05, 3.63) is 94.0 Å². The van der Waals surface area contributed by atoms with Gasteiger partial charge in [0.25, 0.3) is 5.56 Å². The molecule has 1 N–H and O–H groups in total. The van der Waals surface area contributed by atoms with Crippen molar-refractivity contribution in [1.29, 1.82) is 0 Å². The predicted molar refractivity (Wildman–Crippen MR) is 134 cm³/mol. The normalized spacial score (nSPS) is 15.8. The van der Waals surface area contributed by atoms with E-state index in [2.05, 4.69) is 20.9 Å². The molecule has 2 aromatic carbocycles. The molecule has 4 rings (SSSR count). The van der Waals surface area contributed by atoms with Crippen molar-refractivity contribution < 1.29 is 19.4 Å². The van der Waals surface area contributed by atoms with Gasteiger partial charge in [-0.25, -0.2) is 9.79 Å². The Kier molecular flexibility index (Phi) is 7.37. The van der Waals surface area contributed by atoms with Crippen LogP contribution in [0.3, 0.4) is 0 Å². The number of hydrogen-bond donors (Lipinski definition) is 1. The second-order valence-electron chi connectivity index (χ2n) is 7.47. The second-order valence-corrected chi connectivity index (χ2v) is 9.83. The van der Waals surface area contributed by atoms with E-state index < -0.39 is 12.0 Å². The summed E-state index contributed by atoms with van der Waals surface area (Å²) in [4.78, 5) is 31.6. The van der Waals surface area contributed by atoms with Crippen molar-refractivity contribution in [2.75, 3.05) is 20.3 Å². The maximum atomic E-state index is 13.6. The average Bonchev–Trinajstić information content (AvgIpc) is 3.10. The lowest BCUT2D eigenvalue weighted by atomic mass is 9.96. The number of halogens is 2. The number of phenols is 1. The van der Waals surface area contributed by atoms with Gasteiger partial charge in [0.2, 0.25) is 0 Å². The minimum Gasteiger partial charge on any atom is -0.507 e. The van der Waals surface area contributed by atoms with Crippen molar-refractivity contribution >= 4 is 50.9 Å². The van der Waals surface area contributed by atoms with E-state index in [0.29, 0.717) is 31.2 Å². The molecule has 0 saturated carbocycles. The molecule has 10 heteroatoms. The molecule has 1 unspecified atom stereocenters. The molecule has 0 saturated heterocycles. The lowest BCUT2D eigenvalue weighted by molar-refractivity contribution is -0.140. The summed E-state index contributed by atoms with van der Waals surface area (Å²) in [5.74, 6) is -0.529. The summed E-state index contributed by atoms with van der Waals surface area (Å²) < 4.78 is 13.0. The van der Waals surface area contributed by atoms with Crippen LogP contribution in [0.25, 0.3) is 6.08 Å². The number of hydrogen-bond acceptors (Lipinski definition) is 7. The van der Waals surface area contributed by atoms with Crippen molar-refractivity contribution in [2.24, 2.45) is 4.99 Å². The zero-order chi connectivity index (χ0) is 24.4. The van der Waals surface area contributed by atoms with Gasteiger partial charge in [-0.15, -0.1) is 0 Å². The fourth-order valence-corrected chi connectivity index (χ4v) is 5.16. The number of rotatable bonds is 6. The SMILES string of the molecule is COCCOC(=O)C1=C(C)N=c2sc(=Cc3cc(Br)ccc3O)c(=O)n2C1c1ccc(Cl)cc1. The van der Waals surface area contributed by atoms with E-state index in [9.17, 15) is 14.7 Å². The number of carbonyl (C=O) groups is 1. The van der Waals surface area contributed by atoms with Gasteiger partial charge in [-0.05, 0) is 48.9 Å². The quantitative estimate of drug-likeness (QED) is 0.366.